The van der Waals surface area contributed by atoms with Gasteiger partial charge in [0, 0.05) is 10.9 Å². The summed E-state index contributed by atoms with van der Waals surface area (Å²) >= 11 is 0. The highest BCUT2D eigenvalue weighted by Crippen LogP contribution is 2.32. The van der Waals surface area contributed by atoms with Crippen molar-refractivity contribution in [2.24, 2.45) is 0 Å². The number of fused-ring (bicyclic) bond motifs is 1. The summed E-state index contributed by atoms with van der Waals surface area (Å²) in [5.74, 6) is -1.98. The van der Waals surface area contributed by atoms with Gasteiger partial charge in [0.25, 0.3) is 0 Å². The van der Waals surface area contributed by atoms with Crippen LogP contribution in [0.2, 0.25) is 0 Å². The Hall–Kier alpha value is -3.08. The molecule has 0 radical (unpaired) electrons. The van der Waals surface area contributed by atoms with Crippen molar-refractivity contribution in [3.05, 3.63) is 59.9 Å². The largest absolute Gasteiger partial charge is 0.478 e. The lowest BCUT2D eigenvalue weighted by Gasteiger charge is -2.10. The van der Waals surface area contributed by atoms with Crippen molar-refractivity contribution < 1.29 is 24.2 Å². The number of hydrogen-bond donors (Lipinski definition) is 2. The number of carboxylic acid groups (broad SMARTS) is 2. The summed E-state index contributed by atoms with van der Waals surface area (Å²) in [7, 11) is 0. The van der Waals surface area contributed by atoms with Crippen molar-refractivity contribution in [2.75, 3.05) is 0 Å². The van der Waals surface area contributed by atoms with Crippen LogP contribution in [0.4, 0.5) is 0 Å². The van der Waals surface area contributed by atoms with Crippen LogP contribution in [0, 0.1) is 0 Å². The van der Waals surface area contributed by atoms with Crippen LogP contribution >= 0.6 is 0 Å². The van der Waals surface area contributed by atoms with Crippen LogP contribution in [0.15, 0.2) is 53.1 Å². The van der Waals surface area contributed by atoms with Gasteiger partial charge in [-0.15, -0.1) is 0 Å². The van der Waals surface area contributed by atoms with Crippen molar-refractivity contribution in [3.8, 4) is 11.3 Å². The van der Waals surface area contributed by atoms with E-state index in [0.717, 1.165) is 0 Å². The molecule has 0 amide bonds. The lowest BCUT2D eigenvalue weighted by Crippen LogP contribution is -2.06. The lowest BCUT2D eigenvalue weighted by atomic mass is 9.94. The van der Waals surface area contributed by atoms with E-state index in [-0.39, 0.29) is 16.5 Å². The third-order valence-electron chi connectivity index (χ3n) is 3.28. The lowest BCUT2D eigenvalue weighted by molar-refractivity contribution is 0.0695. The molecule has 5 heteroatoms. The highest BCUT2D eigenvalue weighted by molar-refractivity contribution is 6.15. The fraction of sp³-hybridized carbons (Fsp3) is 0. The molecule has 2 N–H and O–H groups in total. The first-order valence-corrected chi connectivity index (χ1v) is 6.16. The zero-order chi connectivity index (χ0) is 15.0. The minimum absolute atomic E-state index is 0.0432. The Morgan fingerprint density at radius 2 is 1.71 bits per heavy atom. The molecule has 3 aromatic rings. The Morgan fingerprint density at radius 1 is 0.905 bits per heavy atom. The number of hydrogen-bond acceptors (Lipinski definition) is 3. The van der Waals surface area contributed by atoms with Crippen molar-refractivity contribution >= 4 is 22.7 Å². The third-order valence-corrected chi connectivity index (χ3v) is 3.28. The molecule has 21 heavy (non-hydrogen) atoms. The quantitative estimate of drug-likeness (QED) is 0.767. The minimum Gasteiger partial charge on any atom is -0.478 e. The average Bonchev–Trinajstić information content (AvgIpc) is 2.98. The molecule has 104 valence electrons. The van der Waals surface area contributed by atoms with Gasteiger partial charge in [0.05, 0.1) is 17.4 Å². The van der Waals surface area contributed by atoms with E-state index in [1.54, 1.807) is 36.4 Å². The van der Waals surface area contributed by atoms with Crippen LogP contribution in [0.3, 0.4) is 0 Å². The standard InChI is InChI=1S/C16H10O5/c17-15(18)11-4-1-3-9-6-7-10(12-5-2-8-21-12)14(13(9)11)16(19)20/h1-8H,(H,17,18)(H,19,20). The fourth-order valence-electron chi connectivity index (χ4n) is 2.42. The van der Waals surface area contributed by atoms with E-state index in [1.807, 2.05) is 0 Å². The molecule has 0 bridgehead atoms. The summed E-state index contributed by atoms with van der Waals surface area (Å²) in [4.78, 5) is 23.0. The molecule has 0 fully saturated rings. The second-order valence-corrected chi connectivity index (χ2v) is 4.48. The highest BCUT2D eigenvalue weighted by atomic mass is 16.4. The van der Waals surface area contributed by atoms with Gasteiger partial charge in [-0.1, -0.05) is 18.2 Å². The summed E-state index contributed by atoms with van der Waals surface area (Å²) in [6.07, 6.45) is 1.44. The van der Waals surface area contributed by atoms with E-state index < -0.39 is 11.9 Å². The summed E-state index contributed by atoms with van der Waals surface area (Å²) in [5, 5.41) is 19.6. The first-order chi connectivity index (χ1) is 10.1. The van der Waals surface area contributed by atoms with Gasteiger partial charge in [-0.2, -0.15) is 0 Å². The minimum atomic E-state index is -1.19. The second kappa shape index (κ2) is 4.79. The van der Waals surface area contributed by atoms with Gasteiger partial charge in [-0.25, -0.2) is 9.59 Å². The van der Waals surface area contributed by atoms with E-state index in [1.165, 1.54) is 12.3 Å². The smallest absolute Gasteiger partial charge is 0.337 e. The predicted molar refractivity (Wildman–Crippen MR) is 75.6 cm³/mol. The van der Waals surface area contributed by atoms with Gasteiger partial charge >= 0.3 is 11.9 Å². The van der Waals surface area contributed by atoms with Crippen LogP contribution < -0.4 is 0 Å². The third kappa shape index (κ3) is 2.04. The molecule has 2 aromatic carbocycles. The monoisotopic (exact) mass is 282 g/mol. The maximum absolute atomic E-state index is 11.7. The maximum atomic E-state index is 11.7. The van der Waals surface area contributed by atoms with E-state index >= 15 is 0 Å². The van der Waals surface area contributed by atoms with E-state index in [4.69, 9.17) is 4.42 Å². The normalized spacial score (nSPS) is 10.7. The highest BCUT2D eigenvalue weighted by Gasteiger charge is 2.21. The Morgan fingerprint density at radius 3 is 2.33 bits per heavy atom. The molecule has 5 nitrogen and oxygen atoms in total. The zero-order valence-corrected chi connectivity index (χ0v) is 10.7. The molecule has 0 aliphatic rings. The fourth-order valence-corrected chi connectivity index (χ4v) is 2.42. The van der Waals surface area contributed by atoms with Gasteiger partial charge in [0.2, 0.25) is 0 Å². The molecule has 0 atom stereocenters. The van der Waals surface area contributed by atoms with Gasteiger partial charge in [-0.3, -0.25) is 0 Å². The molecule has 0 unspecified atom stereocenters. The number of aromatic carboxylic acids is 2. The van der Waals surface area contributed by atoms with Crippen LogP contribution in [0.25, 0.3) is 22.1 Å². The topological polar surface area (TPSA) is 87.7 Å². The second-order valence-electron chi connectivity index (χ2n) is 4.48. The van der Waals surface area contributed by atoms with E-state index in [0.29, 0.717) is 16.7 Å². The number of benzene rings is 2. The molecule has 1 aromatic heterocycles. The summed E-state index contributed by atoms with van der Waals surface area (Å²) in [5.41, 5.74) is 0.243. The molecule has 3 rings (SSSR count). The molecule has 0 saturated heterocycles. The van der Waals surface area contributed by atoms with Crippen LogP contribution in [0.1, 0.15) is 20.7 Å². The van der Waals surface area contributed by atoms with Crippen LogP contribution in [-0.2, 0) is 0 Å². The first kappa shape index (κ1) is 12.9. The zero-order valence-electron chi connectivity index (χ0n) is 10.7. The summed E-state index contributed by atoms with van der Waals surface area (Å²) < 4.78 is 5.25. The van der Waals surface area contributed by atoms with E-state index in [9.17, 15) is 19.8 Å². The Kier molecular flexibility index (Phi) is 2.95. The van der Waals surface area contributed by atoms with Gasteiger partial charge in [0.15, 0.2) is 0 Å². The maximum Gasteiger partial charge on any atom is 0.337 e. The molecular formula is C16H10O5. The Bertz CT molecular complexity index is 846. The number of carboxylic acids is 2. The Labute approximate surface area is 119 Å². The number of rotatable bonds is 3. The molecule has 0 saturated carbocycles. The van der Waals surface area contributed by atoms with Crippen molar-refractivity contribution in [2.45, 2.75) is 0 Å². The summed E-state index contributed by atoms with van der Waals surface area (Å²) in [6.45, 7) is 0. The van der Waals surface area contributed by atoms with Gasteiger partial charge < -0.3 is 14.6 Å². The summed E-state index contributed by atoms with van der Waals surface area (Å²) in [6, 6.07) is 11.3. The molecule has 0 aliphatic carbocycles. The van der Waals surface area contributed by atoms with Crippen molar-refractivity contribution in [3.63, 3.8) is 0 Å². The molecule has 1 heterocycles. The number of furan rings is 1. The SMILES string of the molecule is O=C(O)c1cccc2ccc(-c3ccco3)c(C(=O)O)c12. The van der Waals surface area contributed by atoms with Gasteiger partial charge in [-0.05, 0) is 29.7 Å². The average molecular weight is 282 g/mol. The van der Waals surface area contributed by atoms with E-state index in [2.05, 4.69) is 0 Å². The molecule has 0 spiro atoms. The van der Waals surface area contributed by atoms with Gasteiger partial charge in [0.1, 0.15) is 5.76 Å². The van der Waals surface area contributed by atoms with Crippen LogP contribution in [0.5, 0.6) is 0 Å². The Balaban J connectivity index is 2.47. The predicted octanol–water partition coefficient (Wildman–Crippen LogP) is 3.50. The molecular weight excluding hydrogens is 272 g/mol. The molecule has 0 aliphatic heterocycles. The van der Waals surface area contributed by atoms with Crippen molar-refractivity contribution in [1.29, 1.82) is 0 Å². The first-order valence-electron chi connectivity index (χ1n) is 6.16. The number of carbonyl (C=O) groups is 2. The van der Waals surface area contributed by atoms with Crippen molar-refractivity contribution in [1.82, 2.24) is 0 Å². The van der Waals surface area contributed by atoms with Crippen LogP contribution in [-0.4, -0.2) is 22.2 Å².